The lowest BCUT2D eigenvalue weighted by Crippen LogP contribution is -2.43. The zero-order chi connectivity index (χ0) is 18.8. The van der Waals surface area contributed by atoms with Crippen molar-refractivity contribution in [3.63, 3.8) is 0 Å². The molecule has 0 aliphatic heterocycles. The van der Waals surface area contributed by atoms with Crippen LogP contribution in [0.15, 0.2) is 24.8 Å². The van der Waals surface area contributed by atoms with Gasteiger partial charge in [-0.2, -0.15) is 0 Å². The summed E-state index contributed by atoms with van der Waals surface area (Å²) in [6.45, 7) is 17.2. The predicted octanol–water partition coefficient (Wildman–Crippen LogP) is 4.66. The maximum absolute atomic E-state index is 10.3. The molecule has 142 valence electrons. The van der Waals surface area contributed by atoms with Gasteiger partial charge in [-0.1, -0.05) is 39.0 Å². The number of rotatable bonds is 12. The monoisotopic (exact) mass is 358 g/mol. The first-order chi connectivity index (χ1) is 11.0. The van der Waals surface area contributed by atoms with Crippen molar-refractivity contribution >= 4 is 8.32 Å². The van der Waals surface area contributed by atoms with E-state index in [4.69, 9.17) is 13.9 Å². The normalized spacial score (nSPS) is 17.0. The fraction of sp³-hybridized carbons (Fsp3) is 0.789. The maximum Gasteiger partial charge on any atom is 0.192 e. The van der Waals surface area contributed by atoms with Gasteiger partial charge in [-0.15, -0.1) is 6.58 Å². The predicted molar refractivity (Wildman–Crippen MR) is 104 cm³/mol. The molecule has 3 atom stereocenters. The Morgan fingerprint density at radius 3 is 2.38 bits per heavy atom. The Bertz CT molecular complexity index is 374. The topological polar surface area (TPSA) is 47.9 Å². The molecule has 0 rings (SSSR count). The Morgan fingerprint density at radius 1 is 1.25 bits per heavy atom. The lowest BCUT2D eigenvalue weighted by Gasteiger charge is -2.38. The Kier molecular flexibility index (Phi) is 11.0. The van der Waals surface area contributed by atoms with Crippen LogP contribution in [0.5, 0.6) is 0 Å². The molecular weight excluding hydrogens is 320 g/mol. The van der Waals surface area contributed by atoms with Gasteiger partial charge < -0.3 is 19.0 Å². The summed E-state index contributed by atoms with van der Waals surface area (Å²) in [4.78, 5) is 0. The quantitative estimate of drug-likeness (QED) is 0.313. The van der Waals surface area contributed by atoms with Crippen LogP contribution in [0, 0.1) is 0 Å². The van der Waals surface area contributed by atoms with E-state index in [0.29, 0.717) is 6.42 Å². The standard InChI is InChI=1S/C19H38O4Si/c1-9-10-14-18(22-15-21-6)17(20)13-11-12-16(2)23-24(7,8)19(3,4)5/h9,11,13,16-18,20H,1,10,12,14-15H2,2-8H3/b13-11+/t16-,17+,18-/m0/s1. The molecule has 1 N–H and O–H groups in total. The first-order valence-electron chi connectivity index (χ1n) is 8.79. The summed E-state index contributed by atoms with van der Waals surface area (Å²) < 4.78 is 16.8. The van der Waals surface area contributed by atoms with Crippen molar-refractivity contribution in [3.8, 4) is 0 Å². The number of ether oxygens (including phenoxy) is 2. The number of aliphatic hydroxyl groups is 1. The van der Waals surface area contributed by atoms with Crippen molar-refractivity contribution < 1.29 is 19.0 Å². The van der Waals surface area contributed by atoms with E-state index in [1.54, 1.807) is 13.2 Å². The molecule has 0 bridgehead atoms. The highest BCUT2D eigenvalue weighted by Gasteiger charge is 2.38. The molecule has 0 aliphatic carbocycles. The molecule has 24 heavy (non-hydrogen) atoms. The Labute approximate surface area is 150 Å². The molecular formula is C19H38O4Si. The van der Waals surface area contributed by atoms with Crippen molar-refractivity contribution in [3.05, 3.63) is 24.8 Å². The Hall–Kier alpha value is -0.463. The van der Waals surface area contributed by atoms with Crippen LogP contribution in [0.4, 0.5) is 0 Å². The number of allylic oxidation sites excluding steroid dienone is 1. The largest absolute Gasteiger partial charge is 0.414 e. The summed E-state index contributed by atoms with van der Waals surface area (Å²) in [5, 5.41) is 10.5. The summed E-state index contributed by atoms with van der Waals surface area (Å²) in [6.07, 6.45) is 7.11. The van der Waals surface area contributed by atoms with Gasteiger partial charge in [0, 0.05) is 13.2 Å². The first kappa shape index (κ1) is 23.5. The molecule has 0 saturated heterocycles. The van der Waals surface area contributed by atoms with Crippen LogP contribution in [-0.2, 0) is 13.9 Å². The second-order valence-corrected chi connectivity index (χ2v) is 12.6. The highest BCUT2D eigenvalue weighted by molar-refractivity contribution is 6.74. The summed E-state index contributed by atoms with van der Waals surface area (Å²) in [6, 6.07) is 0. The minimum atomic E-state index is -1.75. The number of aliphatic hydroxyl groups excluding tert-OH is 1. The van der Waals surface area contributed by atoms with Gasteiger partial charge in [0.05, 0.1) is 12.2 Å². The molecule has 0 fully saturated rings. The van der Waals surface area contributed by atoms with E-state index in [-0.39, 0.29) is 24.0 Å². The molecule has 0 aromatic rings. The third kappa shape index (κ3) is 9.13. The number of hydrogen-bond acceptors (Lipinski definition) is 4. The highest BCUT2D eigenvalue weighted by Crippen LogP contribution is 2.37. The van der Waals surface area contributed by atoms with Crippen LogP contribution in [0.3, 0.4) is 0 Å². The molecule has 0 unspecified atom stereocenters. The second-order valence-electron chi connectivity index (χ2n) is 7.82. The fourth-order valence-corrected chi connectivity index (χ4v) is 3.51. The molecule has 0 aromatic heterocycles. The van der Waals surface area contributed by atoms with E-state index >= 15 is 0 Å². The van der Waals surface area contributed by atoms with Crippen molar-refractivity contribution in [2.75, 3.05) is 13.9 Å². The number of hydrogen-bond donors (Lipinski definition) is 1. The van der Waals surface area contributed by atoms with Gasteiger partial charge in [0.25, 0.3) is 0 Å². The highest BCUT2D eigenvalue weighted by atomic mass is 28.4. The van der Waals surface area contributed by atoms with Crippen LogP contribution < -0.4 is 0 Å². The van der Waals surface area contributed by atoms with Crippen molar-refractivity contribution in [1.29, 1.82) is 0 Å². The molecule has 0 aromatic carbocycles. The van der Waals surface area contributed by atoms with Gasteiger partial charge in [-0.25, -0.2) is 0 Å². The Morgan fingerprint density at radius 2 is 1.88 bits per heavy atom. The van der Waals surface area contributed by atoms with Crippen LogP contribution in [0.1, 0.15) is 47.0 Å². The van der Waals surface area contributed by atoms with Crippen LogP contribution >= 0.6 is 0 Å². The molecule has 0 heterocycles. The van der Waals surface area contributed by atoms with E-state index in [2.05, 4.69) is 47.4 Å². The zero-order valence-electron chi connectivity index (χ0n) is 16.7. The SMILES string of the molecule is C=CCC[C@H](OCOC)[C@H](O)/C=C/C[C@H](C)O[Si](C)(C)C(C)(C)C. The van der Waals surface area contributed by atoms with Gasteiger partial charge in [0.1, 0.15) is 6.79 Å². The summed E-state index contributed by atoms with van der Waals surface area (Å²) in [5.41, 5.74) is 0. The van der Waals surface area contributed by atoms with E-state index in [1.807, 2.05) is 12.2 Å². The third-order valence-electron chi connectivity index (χ3n) is 4.54. The third-order valence-corrected chi connectivity index (χ3v) is 9.14. The van der Waals surface area contributed by atoms with Crippen molar-refractivity contribution in [1.82, 2.24) is 0 Å². The summed E-state index contributed by atoms with van der Waals surface area (Å²) >= 11 is 0. The van der Waals surface area contributed by atoms with E-state index in [9.17, 15) is 5.11 Å². The van der Waals surface area contributed by atoms with Gasteiger partial charge in [-0.05, 0) is 44.3 Å². The van der Waals surface area contributed by atoms with Crippen LogP contribution in [0.2, 0.25) is 18.1 Å². The van der Waals surface area contributed by atoms with Gasteiger partial charge in [0.15, 0.2) is 8.32 Å². The van der Waals surface area contributed by atoms with Crippen molar-refractivity contribution in [2.45, 2.75) is 83.4 Å². The molecule has 0 amide bonds. The first-order valence-corrected chi connectivity index (χ1v) is 11.7. The average molecular weight is 359 g/mol. The van der Waals surface area contributed by atoms with Gasteiger partial charge >= 0.3 is 0 Å². The molecule has 0 aliphatic rings. The minimum Gasteiger partial charge on any atom is -0.414 e. The second kappa shape index (κ2) is 11.2. The smallest absolute Gasteiger partial charge is 0.192 e. The molecule has 4 nitrogen and oxygen atoms in total. The molecule has 0 saturated carbocycles. The van der Waals surface area contributed by atoms with Crippen LogP contribution in [0.25, 0.3) is 0 Å². The molecule has 0 spiro atoms. The average Bonchev–Trinajstić information content (AvgIpc) is 2.45. The maximum atomic E-state index is 10.3. The fourth-order valence-electron chi connectivity index (χ4n) is 2.05. The molecule has 5 heteroatoms. The van der Waals surface area contributed by atoms with Gasteiger partial charge in [-0.3, -0.25) is 0 Å². The van der Waals surface area contributed by atoms with Crippen LogP contribution in [-0.4, -0.2) is 45.6 Å². The lowest BCUT2D eigenvalue weighted by atomic mass is 10.1. The summed E-state index contributed by atoms with van der Waals surface area (Å²) in [5.74, 6) is 0. The van der Waals surface area contributed by atoms with Gasteiger partial charge in [0.2, 0.25) is 0 Å². The van der Waals surface area contributed by atoms with Crippen molar-refractivity contribution in [2.24, 2.45) is 0 Å². The van der Waals surface area contributed by atoms with E-state index in [1.165, 1.54) is 0 Å². The zero-order valence-corrected chi connectivity index (χ0v) is 17.7. The Balaban J connectivity index is 4.50. The molecule has 0 radical (unpaired) electrons. The van der Waals surface area contributed by atoms with E-state index in [0.717, 1.165) is 12.8 Å². The minimum absolute atomic E-state index is 0.140. The van der Waals surface area contributed by atoms with E-state index < -0.39 is 14.4 Å². The number of methoxy groups -OCH3 is 1. The lowest BCUT2D eigenvalue weighted by molar-refractivity contribution is -0.104. The summed E-state index contributed by atoms with van der Waals surface area (Å²) in [7, 11) is -0.175.